The van der Waals surface area contributed by atoms with Crippen molar-refractivity contribution in [2.45, 2.75) is 45.1 Å². The Morgan fingerprint density at radius 3 is 2.63 bits per heavy atom. The van der Waals surface area contributed by atoms with Gasteiger partial charge in [0.1, 0.15) is 0 Å². The number of rotatable bonds is 4. The first-order valence-electron chi connectivity index (χ1n) is 7.92. The summed E-state index contributed by atoms with van der Waals surface area (Å²) in [6.07, 6.45) is 7.06. The van der Waals surface area contributed by atoms with Crippen molar-refractivity contribution >= 4 is 12.4 Å². The van der Waals surface area contributed by atoms with Crippen LogP contribution >= 0.6 is 12.4 Å². The second kappa shape index (κ2) is 6.75. The third-order valence-corrected chi connectivity index (χ3v) is 5.21. The molecule has 0 radical (unpaired) electrons. The summed E-state index contributed by atoms with van der Waals surface area (Å²) in [7, 11) is 0. The second-order valence-corrected chi connectivity index (χ2v) is 7.01. The average molecular weight is 288 g/mol. The molecule has 0 aromatic rings. The predicted molar refractivity (Wildman–Crippen MR) is 83.1 cm³/mol. The highest BCUT2D eigenvalue weighted by atomic mass is 35.5. The zero-order valence-corrected chi connectivity index (χ0v) is 13.2. The Morgan fingerprint density at radius 2 is 1.95 bits per heavy atom. The lowest BCUT2D eigenvalue weighted by atomic mass is 9.89. The Morgan fingerprint density at radius 1 is 1.16 bits per heavy atom. The van der Waals surface area contributed by atoms with E-state index in [1.165, 1.54) is 77.9 Å². The van der Waals surface area contributed by atoms with Gasteiger partial charge < -0.3 is 10.2 Å². The molecule has 2 atom stereocenters. The van der Waals surface area contributed by atoms with E-state index in [1.807, 2.05) is 0 Å². The molecule has 112 valence electrons. The summed E-state index contributed by atoms with van der Waals surface area (Å²) in [5.74, 6) is 0. The van der Waals surface area contributed by atoms with Crippen LogP contribution in [0, 0.1) is 5.41 Å². The van der Waals surface area contributed by atoms with Gasteiger partial charge in [0.15, 0.2) is 0 Å². The van der Waals surface area contributed by atoms with Crippen LogP contribution in [0.25, 0.3) is 0 Å². The fourth-order valence-corrected chi connectivity index (χ4v) is 4.07. The number of nitrogens with zero attached hydrogens (tertiary/aromatic N) is 2. The van der Waals surface area contributed by atoms with Crippen LogP contribution < -0.4 is 5.32 Å². The van der Waals surface area contributed by atoms with Gasteiger partial charge in [-0.1, -0.05) is 6.92 Å². The number of likely N-dealkylation sites (tertiary alicyclic amines) is 2. The van der Waals surface area contributed by atoms with E-state index in [4.69, 9.17) is 0 Å². The maximum absolute atomic E-state index is 3.54. The summed E-state index contributed by atoms with van der Waals surface area (Å²) < 4.78 is 0. The first-order chi connectivity index (χ1) is 8.75. The highest BCUT2D eigenvalue weighted by molar-refractivity contribution is 5.85. The summed E-state index contributed by atoms with van der Waals surface area (Å²) in [5.41, 5.74) is 0.535. The van der Waals surface area contributed by atoms with Gasteiger partial charge in [0.05, 0.1) is 0 Å². The molecule has 0 aliphatic carbocycles. The lowest BCUT2D eigenvalue weighted by molar-refractivity contribution is 0.137. The van der Waals surface area contributed by atoms with Crippen molar-refractivity contribution in [2.75, 3.05) is 45.8 Å². The smallest absolute Gasteiger partial charge is 0.0223 e. The molecule has 0 spiro atoms. The number of hydrogen-bond acceptors (Lipinski definition) is 3. The van der Waals surface area contributed by atoms with E-state index < -0.39 is 0 Å². The minimum Gasteiger partial charge on any atom is -0.316 e. The lowest BCUT2D eigenvalue weighted by Crippen LogP contribution is -2.44. The Labute approximate surface area is 124 Å². The van der Waals surface area contributed by atoms with Crippen molar-refractivity contribution in [3.05, 3.63) is 0 Å². The average Bonchev–Trinajstić information content (AvgIpc) is 3.04. The minimum absolute atomic E-state index is 0. The summed E-state index contributed by atoms with van der Waals surface area (Å²) in [6, 6.07) is 0.848. The molecule has 3 saturated heterocycles. The van der Waals surface area contributed by atoms with Crippen LogP contribution in [0.15, 0.2) is 0 Å². The van der Waals surface area contributed by atoms with Gasteiger partial charge in [-0.15, -0.1) is 12.4 Å². The van der Waals surface area contributed by atoms with Crippen molar-refractivity contribution in [3.63, 3.8) is 0 Å². The molecule has 2 unspecified atom stereocenters. The quantitative estimate of drug-likeness (QED) is 0.853. The molecule has 1 N–H and O–H groups in total. The highest BCUT2D eigenvalue weighted by Gasteiger charge is 2.35. The molecule has 0 saturated carbocycles. The van der Waals surface area contributed by atoms with Gasteiger partial charge in [0.2, 0.25) is 0 Å². The summed E-state index contributed by atoms with van der Waals surface area (Å²) >= 11 is 0. The second-order valence-electron chi connectivity index (χ2n) is 7.01. The van der Waals surface area contributed by atoms with Gasteiger partial charge in [-0.25, -0.2) is 0 Å². The number of halogens is 1. The zero-order valence-electron chi connectivity index (χ0n) is 12.4. The fourth-order valence-electron chi connectivity index (χ4n) is 4.07. The van der Waals surface area contributed by atoms with Gasteiger partial charge in [-0.05, 0) is 63.7 Å². The van der Waals surface area contributed by atoms with E-state index in [9.17, 15) is 0 Å². The van der Waals surface area contributed by atoms with Crippen LogP contribution in [0.2, 0.25) is 0 Å². The van der Waals surface area contributed by atoms with E-state index in [0.717, 1.165) is 6.04 Å². The van der Waals surface area contributed by atoms with E-state index in [2.05, 4.69) is 22.0 Å². The molecule has 19 heavy (non-hydrogen) atoms. The van der Waals surface area contributed by atoms with Crippen molar-refractivity contribution < 1.29 is 0 Å². The SMILES string of the molecule is CC1(CN2CCCC2CN2CCCC2)CCNC1.Cl. The van der Waals surface area contributed by atoms with E-state index in [0.29, 0.717) is 5.41 Å². The third kappa shape index (κ3) is 3.84. The normalized spacial score (nSPS) is 36.8. The summed E-state index contributed by atoms with van der Waals surface area (Å²) in [5, 5.41) is 3.54. The molecule has 3 nitrogen and oxygen atoms in total. The third-order valence-electron chi connectivity index (χ3n) is 5.21. The van der Waals surface area contributed by atoms with Gasteiger partial charge in [-0.2, -0.15) is 0 Å². The monoisotopic (exact) mass is 287 g/mol. The van der Waals surface area contributed by atoms with Crippen LogP contribution in [0.5, 0.6) is 0 Å². The van der Waals surface area contributed by atoms with Crippen molar-refractivity contribution in [3.8, 4) is 0 Å². The maximum atomic E-state index is 3.54. The number of hydrogen-bond donors (Lipinski definition) is 1. The summed E-state index contributed by atoms with van der Waals surface area (Å²) in [4.78, 5) is 5.49. The molecule has 3 aliphatic heterocycles. The Hall–Kier alpha value is 0.170. The molecule has 0 aromatic carbocycles. The molecular weight excluding hydrogens is 258 g/mol. The molecule has 3 rings (SSSR count). The van der Waals surface area contributed by atoms with E-state index in [-0.39, 0.29) is 12.4 Å². The lowest BCUT2D eigenvalue weighted by Gasteiger charge is -2.34. The van der Waals surface area contributed by atoms with Crippen molar-refractivity contribution in [1.82, 2.24) is 15.1 Å². The highest BCUT2D eigenvalue weighted by Crippen LogP contribution is 2.30. The predicted octanol–water partition coefficient (Wildman–Crippen LogP) is 1.97. The first-order valence-corrected chi connectivity index (χ1v) is 7.92. The van der Waals surface area contributed by atoms with Gasteiger partial charge in [0, 0.05) is 25.7 Å². The van der Waals surface area contributed by atoms with Crippen molar-refractivity contribution in [1.29, 1.82) is 0 Å². The van der Waals surface area contributed by atoms with Gasteiger partial charge in [0.25, 0.3) is 0 Å². The molecule has 3 aliphatic rings. The first kappa shape index (κ1) is 15.6. The maximum Gasteiger partial charge on any atom is 0.0223 e. The topological polar surface area (TPSA) is 18.5 Å². The van der Waals surface area contributed by atoms with Crippen LogP contribution in [-0.2, 0) is 0 Å². The Kier molecular flexibility index (Phi) is 5.53. The minimum atomic E-state index is 0. The Bertz CT molecular complexity index is 273. The largest absolute Gasteiger partial charge is 0.316 e. The standard InChI is InChI=1S/C15H29N3.ClH/c1-15(6-7-16-12-15)13-18-10-4-5-14(18)11-17-8-2-3-9-17;/h14,16H,2-13H2,1H3;1H. The van der Waals surface area contributed by atoms with Gasteiger partial charge in [-0.3, -0.25) is 4.90 Å². The molecular formula is C15H30ClN3. The molecule has 0 aromatic heterocycles. The molecule has 0 bridgehead atoms. The molecule has 3 fully saturated rings. The van der Waals surface area contributed by atoms with Crippen LogP contribution in [0.4, 0.5) is 0 Å². The molecule has 4 heteroatoms. The molecule has 3 heterocycles. The van der Waals surface area contributed by atoms with Crippen LogP contribution in [0.1, 0.15) is 39.0 Å². The van der Waals surface area contributed by atoms with Crippen LogP contribution in [-0.4, -0.2) is 61.7 Å². The van der Waals surface area contributed by atoms with E-state index in [1.54, 1.807) is 0 Å². The van der Waals surface area contributed by atoms with E-state index >= 15 is 0 Å². The molecule has 0 amide bonds. The fraction of sp³-hybridized carbons (Fsp3) is 1.00. The zero-order chi connectivity index (χ0) is 12.4. The summed E-state index contributed by atoms with van der Waals surface area (Å²) in [6.45, 7) is 11.6. The Balaban J connectivity index is 0.00000133. The van der Waals surface area contributed by atoms with Gasteiger partial charge >= 0.3 is 0 Å². The number of nitrogens with one attached hydrogen (secondary N) is 1. The van der Waals surface area contributed by atoms with Crippen LogP contribution in [0.3, 0.4) is 0 Å². The van der Waals surface area contributed by atoms with Crippen molar-refractivity contribution in [2.24, 2.45) is 5.41 Å².